The van der Waals surface area contributed by atoms with Crippen LogP contribution in [0.4, 0.5) is 11.4 Å². The Morgan fingerprint density at radius 3 is 2.75 bits per heavy atom. The van der Waals surface area contributed by atoms with E-state index in [9.17, 15) is 4.79 Å². The minimum absolute atomic E-state index is 0.196. The van der Waals surface area contributed by atoms with E-state index in [4.69, 9.17) is 15.2 Å². The first-order valence-corrected chi connectivity index (χ1v) is 6.94. The summed E-state index contributed by atoms with van der Waals surface area (Å²) < 4.78 is 10.5. The fourth-order valence-electron chi connectivity index (χ4n) is 1.70. The van der Waals surface area contributed by atoms with E-state index in [1.54, 1.807) is 32.2 Å². The number of nitrogen functional groups attached to an aromatic ring is 1. The van der Waals surface area contributed by atoms with Crippen LogP contribution < -0.4 is 15.8 Å². The van der Waals surface area contributed by atoms with Gasteiger partial charge in [0.25, 0.3) is 5.91 Å². The van der Waals surface area contributed by atoms with Crippen LogP contribution >= 0.6 is 0 Å². The lowest BCUT2D eigenvalue weighted by Crippen LogP contribution is -2.28. The zero-order valence-electron chi connectivity index (χ0n) is 12.4. The summed E-state index contributed by atoms with van der Waals surface area (Å²) in [6.45, 7) is 4.46. The molecule has 1 amide bonds. The van der Waals surface area contributed by atoms with Crippen molar-refractivity contribution in [2.75, 3.05) is 24.8 Å². The molecule has 20 heavy (non-hydrogen) atoms. The Labute approximate surface area is 120 Å². The van der Waals surface area contributed by atoms with Gasteiger partial charge in [0, 0.05) is 12.7 Å². The third kappa shape index (κ3) is 5.09. The Morgan fingerprint density at radius 1 is 1.40 bits per heavy atom. The van der Waals surface area contributed by atoms with Crippen molar-refractivity contribution in [1.82, 2.24) is 0 Å². The van der Waals surface area contributed by atoms with E-state index in [-0.39, 0.29) is 5.91 Å². The molecule has 1 aromatic carbocycles. The van der Waals surface area contributed by atoms with Crippen LogP contribution in [0, 0.1) is 0 Å². The second kappa shape index (κ2) is 8.43. The summed E-state index contributed by atoms with van der Waals surface area (Å²) in [6.07, 6.45) is 2.72. The van der Waals surface area contributed by atoms with E-state index in [1.807, 2.05) is 0 Å². The fourth-order valence-corrected chi connectivity index (χ4v) is 1.70. The van der Waals surface area contributed by atoms with Crippen LogP contribution in [0.1, 0.15) is 33.1 Å². The molecule has 112 valence electrons. The zero-order chi connectivity index (χ0) is 15.0. The van der Waals surface area contributed by atoms with Gasteiger partial charge < -0.3 is 20.5 Å². The first kappa shape index (κ1) is 16.3. The van der Waals surface area contributed by atoms with Crippen LogP contribution in [0.2, 0.25) is 0 Å². The Balaban J connectivity index is 2.48. The average Bonchev–Trinajstić information content (AvgIpc) is 2.45. The standard InChI is InChI=1S/C15H24N2O3/c1-4-5-6-9-20-11(2)15(18)17-14-8-7-12(19-3)10-13(14)16/h7-8,10-11H,4-6,9,16H2,1-3H3,(H,17,18). The SMILES string of the molecule is CCCCCOC(C)C(=O)Nc1ccc(OC)cc1N. The van der Waals surface area contributed by atoms with Crippen molar-refractivity contribution in [1.29, 1.82) is 0 Å². The molecule has 1 atom stereocenters. The molecule has 0 heterocycles. The number of carbonyl (C=O) groups is 1. The van der Waals surface area contributed by atoms with Gasteiger partial charge in [-0.15, -0.1) is 0 Å². The van der Waals surface area contributed by atoms with Crippen molar-refractivity contribution in [2.45, 2.75) is 39.2 Å². The molecule has 0 bridgehead atoms. The van der Waals surface area contributed by atoms with Gasteiger partial charge in [-0.1, -0.05) is 19.8 Å². The normalized spacial score (nSPS) is 11.9. The van der Waals surface area contributed by atoms with E-state index in [1.165, 1.54) is 0 Å². The minimum atomic E-state index is -0.492. The molecule has 1 rings (SSSR count). The molecule has 1 aromatic rings. The Morgan fingerprint density at radius 2 is 2.15 bits per heavy atom. The van der Waals surface area contributed by atoms with Gasteiger partial charge in [-0.3, -0.25) is 4.79 Å². The summed E-state index contributed by atoms with van der Waals surface area (Å²) in [5, 5.41) is 2.76. The van der Waals surface area contributed by atoms with Gasteiger partial charge in [0.2, 0.25) is 0 Å². The minimum Gasteiger partial charge on any atom is -0.497 e. The largest absolute Gasteiger partial charge is 0.497 e. The van der Waals surface area contributed by atoms with E-state index in [2.05, 4.69) is 12.2 Å². The fraction of sp³-hybridized carbons (Fsp3) is 0.533. The highest BCUT2D eigenvalue weighted by molar-refractivity contribution is 5.96. The summed E-state index contributed by atoms with van der Waals surface area (Å²) in [6, 6.07) is 5.14. The highest BCUT2D eigenvalue weighted by Gasteiger charge is 2.14. The van der Waals surface area contributed by atoms with Crippen LogP contribution in [0.5, 0.6) is 5.75 Å². The molecule has 3 N–H and O–H groups in total. The predicted molar refractivity (Wildman–Crippen MR) is 81.0 cm³/mol. The van der Waals surface area contributed by atoms with Crippen molar-refractivity contribution in [2.24, 2.45) is 0 Å². The lowest BCUT2D eigenvalue weighted by atomic mass is 10.2. The molecule has 0 aliphatic rings. The summed E-state index contributed by atoms with van der Waals surface area (Å²) in [5.74, 6) is 0.461. The molecular weight excluding hydrogens is 256 g/mol. The number of methoxy groups -OCH3 is 1. The third-order valence-corrected chi connectivity index (χ3v) is 3.00. The van der Waals surface area contributed by atoms with Crippen LogP contribution in [-0.4, -0.2) is 25.7 Å². The first-order valence-electron chi connectivity index (χ1n) is 6.94. The Bertz CT molecular complexity index is 435. The van der Waals surface area contributed by atoms with Crippen LogP contribution in [0.25, 0.3) is 0 Å². The maximum atomic E-state index is 12.0. The number of nitrogens with one attached hydrogen (secondary N) is 1. The first-order chi connectivity index (χ1) is 9.58. The molecule has 0 aliphatic heterocycles. The number of ether oxygens (including phenoxy) is 2. The van der Waals surface area contributed by atoms with Gasteiger partial charge in [-0.05, 0) is 25.5 Å². The summed E-state index contributed by atoms with van der Waals surface area (Å²) in [5.41, 5.74) is 6.89. The Kier molecular flexibility index (Phi) is 6.87. The number of benzene rings is 1. The molecular formula is C15H24N2O3. The van der Waals surface area contributed by atoms with Crippen molar-refractivity contribution in [3.05, 3.63) is 18.2 Å². The lowest BCUT2D eigenvalue weighted by Gasteiger charge is -2.14. The van der Waals surface area contributed by atoms with E-state index < -0.39 is 6.10 Å². The van der Waals surface area contributed by atoms with Crippen LogP contribution in [0.3, 0.4) is 0 Å². The smallest absolute Gasteiger partial charge is 0.253 e. The molecule has 0 aromatic heterocycles. The van der Waals surface area contributed by atoms with Gasteiger partial charge in [0.05, 0.1) is 18.5 Å². The number of carbonyl (C=O) groups excluding carboxylic acids is 1. The van der Waals surface area contributed by atoms with E-state index in [0.29, 0.717) is 23.7 Å². The number of hydrogen-bond acceptors (Lipinski definition) is 4. The van der Waals surface area contributed by atoms with Crippen molar-refractivity contribution >= 4 is 17.3 Å². The second-order valence-corrected chi connectivity index (χ2v) is 4.66. The van der Waals surface area contributed by atoms with Gasteiger partial charge in [0.1, 0.15) is 11.9 Å². The van der Waals surface area contributed by atoms with E-state index in [0.717, 1.165) is 19.3 Å². The molecule has 1 unspecified atom stereocenters. The summed E-state index contributed by atoms with van der Waals surface area (Å²) in [4.78, 5) is 12.0. The third-order valence-electron chi connectivity index (χ3n) is 3.00. The maximum Gasteiger partial charge on any atom is 0.253 e. The second-order valence-electron chi connectivity index (χ2n) is 4.66. The lowest BCUT2D eigenvalue weighted by molar-refractivity contribution is -0.126. The van der Waals surface area contributed by atoms with E-state index >= 15 is 0 Å². The predicted octanol–water partition coefficient (Wildman–Crippen LogP) is 2.81. The summed E-state index contributed by atoms with van der Waals surface area (Å²) >= 11 is 0. The number of rotatable bonds is 8. The molecule has 0 saturated carbocycles. The monoisotopic (exact) mass is 280 g/mol. The van der Waals surface area contributed by atoms with Gasteiger partial charge >= 0.3 is 0 Å². The van der Waals surface area contributed by atoms with Crippen molar-refractivity contribution < 1.29 is 14.3 Å². The molecule has 0 radical (unpaired) electrons. The number of unbranched alkanes of at least 4 members (excludes halogenated alkanes) is 2. The van der Waals surface area contributed by atoms with Gasteiger partial charge in [0.15, 0.2) is 0 Å². The number of hydrogen-bond donors (Lipinski definition) is 2. The molecule has 0 saturated heterocycles. The van der Waals surface area contributed by atoms with Crippen LogP contribution in [0.15, 0.2) is 18.2 Å². The van der Waals surface area contributed by atoms with Gasteiger partial charge in [-0.2, -0.15) is 0 Å². The zero-order valence-corrected chi connectivity index (χ0v) is 12.4. The Hall–Kier alpha value is -1.75. The topological polar surface area (TPSA) is 73.6 Å². The van der Waals surface area contributed by atoms with Crippen LogP contribution in [-0.2, 0) is 9.53 Å². The molecule has 0 aliphatic carbocycles. The highest BCUT2D eigenvalue weighted by Crippen LogP contribution is 2.24. The maximum absolute atomic E-state index is 12.0. The number of amides is 1. The van der Waals surface area contributed by atoms with Crippen molar-refractivity contribution in [3.63, 3.8) is 0 Å². The van der Waals surface area contributed by atoms with Gasteiger partial charge in [-0.25, -0.2) is 0 Å². The number of anilines is 2. The molecule has 5 heteroatoms. The average molecular weight is 280 g/mol. The van der Waals surface area contributed by atoms with Crippen molar-refractivity contribution in [3.8, 4) is 5.75 Å². The summed E-state index contributed by atoms with van der Waals surface area (Å²) in [7, 11) is 1.57. The molecule has 0 spiro atoms. The molecule has 0 fully saturated rings. The number of nitrogens with two attached hydrogens (primary N) is 1. The molecule has 5 nitrogen and oxygen atoms in total. The highest BCUT2D eigenvalue weighted by atomic mass is 16.5. The quantitative estimate of drug-likeness (QED) is 0.567.